The fourth-order valence-electron chi connectivity index (χ4n) is 6.59. The Labute approximate surface area is 396 Å². The van der Waals surface area contributed by atoms with Crippen molar-refractivity contribution in [3.05, 3.63) is 174 Å². The third-order valence-corrected chi connectivity index (χ3v) is 12.1. The van der Waals surface area contributed by atoms with E-state index in [1.165, 1.54) is 22.5 Å². The summed E-state index contributed by atoms with van der Waals surface area (Å²) in [4.78, 5) is 50.1. The molecule has 2 aliphatic heterocycles. The molecule has 12 nitrogen and oxygen atoms in total. The molecule has 0 unspecified atom stereocenters. The minimum absolute atomic E-state index is 0.0623. The van der Waals surface area contributed by atoms with Crippen molar-refractivity contribution in [1.82, 2.24) is 24.9 Å². The van der Waals surface area contributed by atoms with Gasteiger partial charge in [0.2, 0.25) is 10.6 Å². The molecule has 318 valence electrons. The largest absolute Gasteiger partial charge is 0.477 e. The fourth-order valence-corrected chi connectivity index (χ4v) is 8.73. The molecule has 4 N–H and O–H groups in total. The van der Waals surface area contributed by atoms with E-state index in [9.17, 15) is 9.59 Å². The van der Waals surface area contributed by atoms with E-state index in [1.54, 1.807) is 25.3 Å². The first-order chi connectivity index (χ1) is 30.9. The number of nitrogens with zero attached hydrogens (tertiary/aromatic N) is 6. The van der Waals surface area contributed by atoms with Gasteiger partial charge in [0, 0.05) is 66.9 Å². The highest BCUT2D eigenvalue weighted by Gasteiger charge is 2.12. The number of aromatic nitrogens is 5. The van der Waals surface area contributed by atoms with Gasteiger partial charge in [-0.05, 0) is 130 Å². The van der Waals surface area contributed by atoms with E-state index in [4.69, 9.17) is 28.3 Å². The predicted octanol–water partition coefficient (Wildman–Crippen LogP) is 13.3. The zero-order valence-corrected chi connectivity index (χ0v) is 39.0. The second-order valence-corrected chi connectivity index (χ2v) is 17.7. The quantitative estimate of drug-likeness (QED) is 0.0935. The van der Waals surface area contributed by atoms with Crippen molar-refractivity contribution in [2.24, 2.45) is 9.98 Å². The van der Waals surface area contributed by atoms with Crippen molar-refractivity contribution in [1.29, 1.82) is 0 Å². The second kappa shape index (κ2) is 20.0. The van der Waals surface area contributed by atoms with Crippen molar-refractivity contribution in [2.45, 2.75) is 20.0 Å². The molecule has 5 aromatic carbocycles. The minimum Gasteiger partial charge on any atom is -0.477 e. The van der Waals surface area contributed by atoms with Gasteiger partial charge in [-0.1, -0.05) is 68.3 Å². The Kier molecular flexibility index (Phi) is 13.8. The average Bonchev–Trinajstić information content (AvgIpc) is 4.10. The lowest BCUT2D eigenvalue weighted by atomic mass is 10.1. The van der Waals surface area contributed by atoms with Gasteiger partial charge in [0.15, 0.2) is 5.78 Å². The molecule has 4 aromatic heterocycles. The van der Waals surface area contributed by atoms with Crippen LogP contribution >= 0.6 is 66.4 Å². The molecule has 6 heterocycles. The number of halogens is 4. The molecule has 0 bridgehead atoms. The molecule has 64 heavy (non-hydrogen) atoms. The Bertz CT molecular complexity index is 3190. The lowest BCUT2D eigenvalue weighted by Crippen LogP contribution is -1.98. The summed E-state index contributed by atoms with van der Waals surface area (Å²) in [5, 5.41) is 18.7. The Balaban J connectivity index is 0.000000119. The number of carboxylic acid groups (broad SMARTS) is 1. The highest BCUT2D eigenvalue weighted by molar-refractivity contribution is 9.10. The van der Waals surface area contributed by atoms with Crippen molar-refractivity contribution >= 4 is 145 Å². The third-order valence-electron chi connectivity index (χ3n) is 9.67. The van der Waals surface area contributed by atoms with Crippen LogP contribution < -0.4 is 10.6 Å². The summed E-state index contributed by atoms with van der Waals surface area (Å²) >= 11 is 19.7. The number of benzene rings is 5. The number of rotatable bonds is 6. The number of aliphatic imine (C=N–C) groups is 2. The summed E-state index contributed by atoms with van der Waals surface area (Å²) in [6.45, 7) is 3.09. The molecule has 9 aromatic rings. The molecule has 0 saturated carbocycles. The maximum absolute atomic E-state index is 11.1. The van der Waals surface area contributed by atoms with Gasteiger partial charge in [0.1, 0.15) is 16.5 Å². The van der Waals surface area contributed by atoms with Crippen LogP contribution in [-0.2, 0) is 13.1 Å². The molecule has 0 radical (unpaired) electrons. The molecule has 0 aliphatic carbocycles. The number of para-hydroxylation sites is 1. The highest BCUT2D eigenvalue weighted by atomic mass is 79.9. The van der Waals surface area contributed by atoms with E-state index < -0.39 is 5.97 Å². The van der Waals surface area contributed by atoms with Gasteiger partial charge < -0.3 is 20.7 Å². The Morgan fingerprint density at radius 1 is 0.719 bits per heavy atom. The van der Waals surface area contributed by atoms with Crippen LogP contribution in [0.4, 0.5) is 23.0 Å². The van der Waals surface area contributed by atoms with Gasteiger partial charge in [-0.25, -0.2) is 19.7 Å². The molecule has 17 heteroatoms. The summed E-state index contributed by atoms with van der Waals surface area (Å²) in [6, 6.07) is 37.0. The van der Waals surface area contributed by atoms with Gasteiger partial charge in [-0.3, -0.25) is 14.8 Å². The molecule has 0 amide bonds. The number of thiophene rings is 1. The molecule has 0 saturated heterocycles. The first-order valence-electron chi connectivity index (χ1n) is 19.4. The number of nitrogens with one attached hydrogen (secondary N) is 3. The molecule has 2 aliphatic rings. The van der Waals surface area contributed by atoms with E-state index >= 15 is 0 Å². The average molecular weight is 1030 g/mol. The van der Waals surface area contributed by atoms with Crippen LogP contribution in [0.5, 0.6) is 0 Å². The Morgan fingerprint density at radius 3 is 2.08 bits per heavy atom. The van der Waals surface area contributed by atoms with Crippen molar-refractivity contribution in [3.8, 4) is 0 Å². The van der Waals surface area contributed by atoms with Crippen LogP contribution in [0.3, 0.4) is 0 Å². The number of ketones is 1. The molecule has 0 fully saturated rings. The van der Waals surface area contributed by atoms with E-state index in [2.05, 4.69) is 95.6 Å². The van der Waals surface area contributed by atoms with Crippen molar-refractivity contribution < 1.29 is 14.7 Å². The summed E-state index contributed by atoms with van der Waals surface area (Å²) < 4.78 is 2.97. The van der Waals surface area contributed by atoms with Crippen LogP contribution in [0.25, 0.3) is 31.9 Å². The number of hydrogen-bond acceptors (Lipinski definition) is 11. The first-order valence-corrected chi connectivity index (χ1v) is 22.5. The first kappa shape index (κ1) is 44.3. The Morgan fingerprint density at radius 2 is 1.39 bits per heavy atom. The van der Waals surface area contributed by atoms with Crippen LogP contribution in [0, 0.1) is 0 Å². The van der Waals surface area contributed by atoms with Crippen molar-refractivity contribution in [3.63, 3.8) is 0 Å². The molecule has 0 atom stereocenters. The molecular formula is C47H33Br2Cl2N9O3S. The number of aromatic carboxylic acids is 1. The molecule has 0 spiro atoms. The zero-order valence-electron chi connectivity index (χ0n) is 33.5. The van der Waals surface area contributed by atoms with Crippen LogP contribution in [0.15, 0.2) is 140 Å². The Hall–Kier alpha value is -6.36. The number of H-pyrrole nitrogens is 1. The lowest BCUT2D eigenvalue weighted by molar-refractivity contribution is 0.0702. The van der Waals surface area contributed by atoms with Crippen molar-refractivity contribution in [2.75, 3.05) is 10.6 Å². The number of hydrogen-bond donors (Lipinski definition) is 4. The maximum atomic E-state index is 11.1. The second-order valence-electron chi connectivity index (χ2n) is 14.2. The molecule has 11 rings (SSSR count). The van der Waals surface area contributed by atoms with Gasteiger partial charge in [0.05, 0.1) is 24.3 Å². The number of anilines is 4. The molecular weight excluding hydrogens is 1000 g/mol. The maximum Gasteiger partial charge on any atom is 0.345 e. The fraction of sp³-hybridized carbons (Fsp3) is 0.0638. The summed E-state index contributed by atoms with van der Waals surface area (Å²) in [5.74, 6) is 0.588. The van der Waals surface area contributed by atoms with E-state index in [1.807, 2.05) is 97.4 Å². The zero-order chi connectivity index (χ0) is 44.7. The smallest absolute Gasteiger partial charge is 0.345 e. The number of fused-ring (bicyclic) bond motifs is 5. The normalized spacial score (nSPS) is 11.8. The van der Waals surface area contributed by atoms with Crippen LogP contribution in [-0.4, -0.2) is 54.2 Å². The summed E-state index contributed by atoms with van der Waals surface area (Å²) in [7, 11) is 0. The van der Waals surface area contributed by atoms with Crippen LogP contribution in [0.2, 0.25) is 10.6 Å². The summed E-state index contributed by atoms with van der Waals surface area (Å²) in [5.41, 5.74) is 9.17. The predicted molar refractivity (Wildman–Crippen MR) is 266 cm³/mol. The summed E-state index contributed by atoms with van der Waals surface area (Å²) in [6.07, 6.45) is 5.39. The lowest BCUT2D eigenvalue weighted by Gasteiger charge is -2.10. The van der Waals surface area contributed by atoms with Gasteiger partial charge >= 0.3 is 5.97 Å². The topological polar surface area (TPSA) is 170 Å². The monoisotopic (exact) mass is 1030 g/mol. The van der Waals surface area contributed by atoms with E-state index in [0.717, 1.165) is 76.4 Å². The highest BCUT2D eigenvalue weighted by Crippen LogP contribution is 2.30. The van der Waals surface area contributed by atoms with E-state index in [-0.39, 0.29) is 16.4 Å². The minimum atomic E-state index is -0.864. The number of aromatic amines is 1. The van der Waals surface area contributed by atoms with Gasteiger partial charge in [-0.15, -0.1) is 11.3 Å². The van der Waals surface area contributed by atoms with Gasteiger partial charge in [-0.2, -0.15) is 4.98 Å². The SMILES string of the molecule is CC(=O)c1cc2ccc(Br)cc2[nH]1.Clc1nc(Nc2ccc3c(c2)C=NC3)c2ccccc2n1.Clc1nccc(Nc2ccc3c(c2)C=NC3)n1.O=C(O)c1cc2ccc(Br)cc2s1. The number of carbonyl (C=O) groups is 2. The number of carboxylic acids is 1. The third kappa shape index (κ3) is 11.0. The van der Waals surface area contributed by atoms with Gasteiger partial charge in [0.25, 0.3) is 0 Å². The number of Topliss-reactive ketones (excluding diaryl/α,β-unsaturated/α-hetero) is 1. The van der Waals surface area contributed by atoms with Crippen LogP contribution in [0.1, 0.15) is 49.3 Å². The standard InChI is InChI=1S/C16H11ClN4.C12H9ClN4.C10H8BrNO.C9H5BrO2S/c17-16-20-14-4-2-1-3-13(14)15(21-16)19-12-6-5-10-8-18-9-11(10)7-12;13-12-15-4-3-11(17-12)16-10-2-1-8-6-14-7-9(8)5-10;1-6(13)9-4-7-2-3-8(11)5-10(7)12-9;10-6-2-1-5-3-8(9(11)12)13-7(5)4-6/h1-7,9H,8H2,(H,19,20,21);1-5,7H,6H2,(H,15,16,17);2-5,12H,1H3;1-4H,(H,11,12). The number of carbonyl (C=O) groups excluding carboxylic acids is 1. The van der Waals surface area contributed by atoms with E-state index in [0.29, 0.717) is 22.2 Å².